The molecule has 1 fully saturated rings. The van der Waals surface area contributed by atoms with Crippen LogP contribution in [-0.2, 0) is 17.4 Å². The summed E-state index contributed by atoms with van der Waals surface area (Å²) in [5.74, 6) is -1.34. The van der Waals surface area contributed by atoms with Crippen LogP contribution in [0.15, 0.2) is 48.5 Å². The molecule has 3 rings (SSSR count). The van der Waals surface area contributed by atoms with Gasteiger partial charge in [-0.1, -0.05) is 24.3 Å². The van der Waals surface area contributed by atoms with Gasteiger partial charge in [0.25, 0.3) is 5.91 Å². The number of nitrogens with one attached hydrogen (secondary N) is 3. The summed E-state index contributed by atoms with van der Waals surface area (Å²) < 4.78 is 38.6. The fourth-order valence-corrected chi connectivity index (χ4v) is 4.29. The summed E-state index contributed by atoms with van der Waals surface area (Å²) in [5.41, 5.74) is 6.21. The molecule has 0 heterocycles. The van der Waals surface area contributed by atoms with Crippen molar-refractivity contribution in [3.8, 4) is 0 Å². The predicted octanol–water partition coefficient (Wildman–Crippen LogP) is 3.38. The second-order valence-corrected chi connectivity index (χ2v) is 8.56. The van der Waals surface area contributed by atoms with E-state index in [9.17, 15) is 27.6 Å². The zero-order valence-corrected chi connectivity index (χ0v) is 18.8. The van der Waals surface area contributed by atoms with Crippen LogP contribution in [0.2, 0.25) is 0 Å². The summed E-state index contributed by atoms with van der Waals surface area (Å²) in [6.07, 6.45) is -3.38. The fraction of sp³-hybridized carbons (Fsp3) is 0.375. The number of anilines is 1. The van der Waals surface area contributed by atoms with Crippen molar-refractivity contribution >= 4 is 23.6 Å². The number of alkyl halides is 3. The van der Waals surface area contributed by atoms with Gasteiger partial charge in [-0.25, -0.2) is 4.79 Å². The summed E-state index contributed by atoms with van der Waals surface area (Å²) in [6.45, 7) is -0.401. The average molecular weight is 492 g/mol. The molecule has 0 aliphatic heterocycles. The van der Waals surface area contributed by atoms with Crippen molar-refractivity contribution in [2.75, 3.05) is 11.9 Å². The molecule has 2 aromatic rings. The van der Waals surface area contributed by atoms with Crippen LogP contribution in [0, 0.1) is 5.92 Å². The number of benzene rings is 2. The Morgan fingerprint density at radius 3 is 2.51 bits per heavy atom. The third-order valence-corrected chi connectivity index (χ3v) is 5.97. The minimum atomic E-state index is -4.58. The first kappa shape index (κ1) is 26.0. The number of carbonyl (C=O) groups is 3. The van der Waals surface area contributed by atoms with Crippen molar-refractivity contribution in [3.63, 3.8) is 0 Å². The van der Waals surface area contributed by atoms with Crippen LogP contribution >= 0.6 is 0 Å². The summed E-state index contributed by atoms with van der Waals surface area (Å²) in [4.78, 5) is 35.9. The van der Waals surface area contributed by atoms with Crippen molar-refractivity contribution in [2.24, 2.45) is 11.7 Å². The van der Waals surface area contributed by atoms with E-state index in [0.29, 0.717) is 31.4 Å². The number of halogens is 3. The van der Waals surface area contributed by atoms with Gasteiger partial charge in [-0.15, -0.1) is 0 Å². The molecule has 0 spiro atoms. The largest absolute Gasteiger partial charge is 0.465 e. The van der Waals surface area contributed by atoms with Crippen LogP contribution in [0.3, 0.4) is 0 Å². The number of para-hydroxylation sites is 1. The van der Waals surface area contributed by atoms with Crippen molar-refractivity contribution in [3.05, 3.63) is 65.2 Å². The second-order valence-electron chi connectivity index (χ2n) is 8.56. The van der Waals surface area contributed by atoms with Crippen LogP contribution in [0.5, 0.6) is 0 Å². The molecular formula is C24H27F3N4O4. The summed E-state index contributed by atoms with van der Waals surface area (Å²) >= 11 is 0. The number of rotatable bonds is 7. The van der Waals surface area contributed by atoms with Gasteiger partial charge in [-0.3, -0.25) is 14.9 Å². The maximum absolute atomic E-state index is 12.9. The van der Waals surface area contributed by atoms with Crippen molar-refractivity contribution in [2.45, 2.75) is 43.9 Å². The lowest BCUT2D eigenvalue weighted by molar-refractivity contribution is -0.137. The van der Waals surface area contributed by atoms with E-state index in [4.69, 9.17) is 10.8 Å². The number of hydrogen-bond acceptors (Lipinski definition) is 4. The van der Waals surface area contributed by atoms with E-state index >= 15 is 0 Å². The molecule has 0 radical (unpaired) electrons. The molecule has 1 aliphatic rings. The molecule has 188 valence electrons. The highest BCUT2D eigenvalue weighted by Crippen LogP contribution is 2.30. The van der Waals surface area contributed by atoms with Crippen LogP contribution in [0.1, 0.15) is 40.7 Å². The maximum atomic E-state index is 12.9. The zero-order chi connectivity index (χ0) is 25.6. The Bertz CT molecular complexity index is 1080. The van der Waals surface area contributed by atoms with Gasteiger partial charge in [0.1, 0.15) is 0 Å². The number of carboxylic acid groups (broad SMARTS) is 1. The summed E-state index contributed by atoms with van der Waals surface area (Å²) in [6, 6.07) is 10.6. The molecule has 3 atom stereocenters. The first-order valence-corrected chi connectivity index (χ1v) is 11.1. The summed E-state index contributed by atoms with van der Waals surface area (Å²) in [5, 5.41) is 16.7. The van der Waals surface area contributed by atoms with Gasteiger partial charge < -0.3 is 21.5 Å². The molecule has 0 bridgehead atoms. The highest BCUT2D eigenvalue weighted by molar-refractivity contribution is 5.96. The topological polar surface area (TPSA) is 134 Å². The van der Waals surface area contributed by atoms with Crippen molar-refractivity contribution in [1.29, 1.82) is 0 Å². The number of hydrogen-bond donors (Lipinski definition) is 5. The van der Waals surface area contributed by atoms with E-state index < -0.39 is 36.2 Å². The molecule has 0 aromatic heterocycles. The molecule has 8 nitrogen and oxygen atoms in total. The van der Waals surface area contributed by atoms with Gasteiger partial charge in [0.15, 0.2) is 0 Å². The molecule has 2 aromatic carbocycles. The standard InChI is InChI=1S/C24H27F3N4O4/c25-24(26,27)17-6-3-5-15(11-17)22(33)29-13-21(32)30-20-9-8-18(28)12-16(20)10-14-4-1-2-7-19(14)31-23(34)35/h1-7,11,16,18,20,31H,8-10,12-13,28H2,(H,29,33)(H,30,32)(H,34,35)/t16-,18-,20+/m1/s1. The van der Waals surface area contributed by atoms with E-state index in [-0.39, 0.29) is 23.6 Å². The maximum Gasteiger partial charge on any atom is 0.416 e. The highest BCUT2D eigenvalue weighted by Gasteiger charge is 2.32. The second kappa shape index (κ2) is 11.2. The number of amides is 3. The van der Waals surface area contributed by atoms with Gasteiger partial charge in [0.2, 0.25) is 5.91 Å². The Labute approximate surface area is 200 Å². The first-order chi connectivity index (χ1) is 16.5. The van der Waals surface area contributed by atoms with Gasteiger partial charge in [0.05, 0.1) is 12.1 Å². The lowest BCUT2D eigenvalue weighted by atomic mass is 9.78. The average Bonchev–Trinajstić information content (AvgIpc) is 2.79. The van der Waals surface area contributed by atoms with E-state index in [1.807, 2.05) is 0 Å². The number of carbonyl (C=O) groups excluding carboxylic acids is 2. The molecular weight excluding hydrogens is 465 g/mol. The smallest absolute Gasteiger partial charge is 0.416 e. The van der Waals surface area contributed by atoms with Crippen LogP contribution < -0.4 is 21.7 Å². The normalized spacial score (nSPS) is 20.1. The number of nitrogens with two attached hydrogens (primary N) is 1. The van der Waals surface area contributed by atoms with Crippen molar-refractivity contribution < 1.29 is 32.7 Å². The molecule has 1 saturated carbocycles. The van der Waals surface area contributed by atoms with Crippen LogP contribution in [0.25, 0.3) is 0 Å². The Morgan fingerprint density at radius 1 is 1.06 bits per heavy atom. The molecule has 6 N–H and O–H groups in total. The molecule has 11 heteroatoms. The van der Waals surface area contributed by atoms with E-state index in [0.717, 1.165) is 23.8 Å². The third-order valence-electron chi connectivity index (χ3n) is 5.97. The first-order valence-electron chi connectivity index (χ1n) is 11.1. The molecule has 0 saturated heterocycles. The van der Waals surface area contributed by atoms with Crippen LogP contribution in [-0.4, -0.2) is 41.6 Å². The monoisotopic (exact) mass is 492 g/mol. The van der Waals surface area contributed by atoms with E-state index in [1.165, 1.54) is 6.07 Å². The lowest BCUT2D eigenvalue weighted by Gasteiger charge is -2.35. The van der Waals surface area contributed by atoms with Gasteiger partial charge in [-0.05, 0) is 61.4 Å². The van der Waals surface area contributed by atoms with Gasteiger partial charge in [-0.2, -0.15) is 13.2 Å². The van der Waals surface area contributed by atoms with E-state index in [2.05, 4.69) is 16.0 Å². The fourth-order valence-electron chi connectivity index (χ4n) is 4.29. The predicted molar refractivity (Wildman–Crippen MR) is 123 cm³/mol. The SMILES string of the molecule is N[C@@H]1CC[C@H](NC(=O)CNC(=O)c2cccc(C(F)(F)F)c2)[C@H](Cc2ccccc2NC(=O)O)C1. The Kier molecular flexibility index (Phi) is 8.34. The quantitative estimate of drug-likeness (QED) is 0.404. The summed E-state index contributed by atoms with van der Waals surface area (Å²) in [7, 11) is 0. The third kappa shape index (κ3) is 7.44. The van der Waals surface area contributed by atoms with Gasteiger partial charge in [0, 0.05) is 23.3 Å². The molecule has 0 unspecified atom stereocenters. The Hall–Kier alpha value is -3.60. The Morgan fingerprint density at radius 2 is 1.80 bits per heavy atom. The lowest BCUT2D eigenvalue weighted by Crippen LogP contribution is -2.49. The minimum Gasteiger partial charge on any atom is -0.465 e. The minimum absolute atomic E-state index is 0.0617. The van der Waals surface area contributed by atoms with E-state index in [1.54, 1.807) is 24.3 Å². The zero-order valence-electron chi connectivity index (χ0n) is 18.8. The van der Waals surface area contributed by atoms with Crippen molar-refractivity contribution in [1.82, 2.24) is 10.6 Å². The molecule has 1 aliphatic carbocycles. The van der Waals surface area contributed by atoms with Crippen LogP contribution in [0.4, 0.5) is 23.7 Å². The van der Waals surface area contributed by atoms with Gasteiger partial charge >= 0.3 is 12.3 Å². The highest BCUT2D eigenvalue weighted by atomic mass is 19.4. The molecule has 35 heavy (non-hydrogen) atoms. The molecule has 3 amide bonds. The Balaban J connectivity index is 1.61.